The number of amides is 1. The van der Waals surface area contributed by atoms with Gasteiger partial charge in [0.2, 0.25) is 10.0 Å². The minimum atomic E-state index is -3.55. The summed E-state index contributed by atoms with van der Waals surface area (Å²) in [5.41, 5.74) is 2.63. The van der Waals surface area contributed by atoms with Gasteiger partial charge < -0.3 is 10.4 Å². The first-order valence-corrected chi connectivity index (χ1v) is 11.9. The van der Waals surface area contributed by atoms with Gasteiger partial charge in [0.15, 0.2) is 0 Å². The minimum absolute atomic E-state index is 0.0777. The molecule has 1 aliphatic heterocycles. The first-order valence-electron chi connectivity index (χ1n) is 10.5. The highest BCUT2D eigenvalue weighted by atomic mass is 32.2. The molecule has 2 heterocycles. The van der Waals surface area contributed by atoms with Crippen molar-refractivity contribution in [3.8, 4) is 17.0 Å². The number of sulfonamides is 1. The van der Waals surface area contributed by atoms with Gasteiger partial charge in [-0.3, -0.25) is 9.89 Å². The molecule has 1 aromatic heterocycles. The topological polar surface area (TPSA) is 115 Å². The van der Waals surface area contributed by atoms with E-state index < -0.39 is 15.9 Å². The van der Waals surface area contributed by atoms with E-state index in [9.17, 15) is 18.3 Å². The molecule has 0 aliphatic carbocycles. The second-order valence-electron chi connectivity index (χ2n) is 8.28. The van der Waals surface area contributed by atoms with Crippen molar-refractivity contribution in [3.63, 3.8) is 0 Å². The van der Waals surface area contributed by atoms with Gasteiger partial charge >= 0.3 is 0 Å². The van der Waals surface area contributed by atoms with E-state index in [0.717, 1.165) is 18.4 Å². The van der Waals surface area contributed by atoms with Gasteiger partial charge in [-0.2, -0.15) is 9.40 Å². The average molecular weight is 455 g/mol. The molecular weight excluding hydrogens is 428 g/mol. The molecular formula is C23H26N4O4S. The fourth-order valence-corrected chi connectivity index (χ4v) is 5.45. The number of aromatic amines is 1. The monoisotopic (exact) mass is 454 g/mol. The number of hydrogen-bond donors (Lipinski definition) is 3. The second-order valence-corrected chi connectivity index (χ2v) is 10.2. The van der Waals surface area contributed by atoms with E-state index in [1.807, 2.05) is 6.92 Å². The molecule has 1 aliphatic rings. The van der Waals surface area contributed by atoms with E-state index in [-0.39, 0.29) is 16.3 Å². The van der Waals surface area contributed by atoms with Crippen molar-refractivity contribution in [1.29, 1.82) is 0 Å². The molecule has 8 nitrogen and oxygen atoms in total. The van der Waals surface area contributed by atoms with Crippen molar-refractivity contribution in [3.05, 3.63) is 59.8 Å². The van der Waals surface area contributed by atoms with E-state index in [1.54, 1.807) is 36.4 Å². The van der Waals surface area contributed by atoms with Crippen LogP contribution in [0.25, 0.3) is 11.3 Å². The van der Waals surface area contributed by atoms with Gasteiger partial charge in [0, 0.05) is 24.3 Å². The Labute approximate surface area is 187 Å². The van der Waals surface area contributed by atoms with Crippen LogP contribution in [0.4, 0.5) is 5.69 Å². The molecule has 0 bridgehead atoms. The smallest absolute Gasteiger partial charge is 0.273 e. The Morgan fingerprint density at radius 1 is 1.19 bits per heavy atom. The van der Waals surface area contributed by atoms with Gasteiger partial charge in [0.05, 0.1) is 10.6 Å². The predicted octanol–water partition coefficient (Wildman–Crippen LogP) is 3.76. The third kappa shape index (κ3) is 4.53. The summed E-state index contributed by atoms with van der Waals surface area (Å²) in [6.07, 6.45) is 1.90. The van der Waals surface area contributed by atoms with Crippen LogP contribution < -0.4 is 5.32 Å². The van der Waals surface area contributed by atoms with Gasteiger partial charge in [-0.1, -0.05) is 18.6 Å². The summed E-state index contributed by atoms with van der Waals surface area (Å²) in [7, 11) is -3.55. The zero-order valence-corrected chi connectivity index (χ0v) is 18.8. The van der Waals surface area contributed by atoms with Gasteiger partial charge in [-0.15, -0.1) is 0 Å². The Bertz CT molecular complexity index is 1240. The number of rotatable bonds is 5. The molecule has 0 radical (unpaired) electrons. The summed E-state index contributed by atoms with van der Waals surface area (Å²) in [5, 5.41) is 19.6. The largest absolute Gasteiger partial charge is 0.507 e. The normalized spacial score (nSPS) is 17.2. The molecule has 0 saturated carbocycles. The van der Waals surface area contributed by atoms with Gasteiger partial charge in [0.25, 0.3) is 5.91 Å². The van der Waals surface area contributed by atoms with Crippen LogP contribution >= 0.6 is 0 Å². The summed E-state index contributed by atoms with van der Waals surface area (Å²) in [4.78, 5) is 12.8. The minimum Gasteiger partial charge on any atom is -0.507 e. The van der Waals surface area contributed by atoms with Crippen LogP contribution in [0.2, 0.25) is 0 Å². The highest BCUT2D eigenvalue weighted by Crippen LogP contribution is 2.29. The predicted molar refractivity (Wildman–Crippen MR) is 122 cm³/mol. The summed E-state index contributed by atoms with van der Waals surface area (Å²) in [6.45, 7) is 5.02. The number of H-pyrrole nitrogens is 1. The number of aromatic hydroxyl groups is 1. The maximum atomic E-state index is 12.9. The summed E-state index contributed by atoms with van der Waals surface area (Å²) in [5.74, 6) is 0.00315. The molecule has 0 spiro atoms. The van der Waals surface area contributed by atoms with Crippen LogP contribution in [-0.4, -0.2) is 47.0 Å². The highest BCUT2D eigenvalue weighted by molar-refractivity contribution is 7.89. The van der Waals surface area contributed by atoms with E-state index in [0.29, 0.717) is 36.0 Å². The lowest BCUT2D eigenvalue weighted by molar-refractivity contribution is 0.102. The SMILES string of the molecule is Cc1ccc(O)c(-c2cc(C(=O)Nc3ccc(S(=O)(=O)N4CCC[C@@H](C)C4)cc3)[nH]n2)c1. The van der Waals surface area contributed by atoms with Crippen LogP contribution in [0, 0.1) is 12.8 Å². The lowest BCUT2D eigenvalue weighted by atomic mass is 10.0. The van der Waals surface area contributed by atoms with Crippen LogP contribution in [0.1, 0.15) is 35.8 Å². The van der Waals surface area contributed by atoms with E-state index in [4.69, 9.17) is 0 Å². The van der Waals surface area contributed by atoms with Crippen molar-refractivity contribution < 1.29 is 18.3 Å². The number of carbonyl (C=O) groups excluding carboxylic acids is 1. The number of aromatic nitrogens is 2. The number of hydrogen-bond acceptors (Lipinski definition) is 5. The van der Waals surface area contributed by atoms with Crippen molar-refractivity contribution in [2.45, 2.75) is 31.6 Å². The zero-order chi connectivity index (χ0) is 22.9. The molecule has 1 fully saturated rings. The molecule has 0 unspecified atom stereocenters. The molecule has 32 heavy (non-hydrogen) atoms. The highest BCUT2D eigenvalue weighted by Gasteiger charge is 2.28. The lowest BCUT2D eigenvalue weighted by Gasteiger charge is -2.30. The Morgan fingerprint density at radius 2 is 1.94 bits per heavy atom. The Morgan fingerprint density at radius 3 is 2.66 bits per heavy atom. The van der Waals surface area contributed by atoms with Crippen LogP contribution in [0.3, 0.4) is 0 Å². The number of nitrogens with zero attached hydrogens (tertiary/aromatic N) is 2. The number of carbonyl (C=O) groups is 1. The third-order valence-corrected chi connectivity index (χ3v) is 7.50. The van der Waals surface area contributed by atoms with Gasteiger partial charge in [0.1, 0.15) is 11.4 Å². The van der Waals surface area contributed by atoms with Crippen molar-refractivity contribution >= 4 is 21.6 Å². The maximum absolute atomic E-state index is 12.9. The van der Waals surface area contributed by atoms with Gasteiger partial charge in [-0.25, -0.2) is 8.42 Å². The van der Waals surface area contributed by atoms with Crippen LogP contribution in [0.15, 0.2) is 53.4 Å². The summed E-state index contributed by atoms with van der Waals surface area (Å²) in [6, 6.07) is 12.9. The number of anilines is 1. The van der Waals surface area contributed by atoms with Crippen molar-refractivity contribution in [2.75, 3.05) is 18.4 Å². The van der Waals surface area contributed by atoms with E-state index in [1.165, 1.54) is 16.4 Å². The number of piperidine rings is 1. The van der Waals surface area contributed by atoms with Crippen LogP contribution in [0.5, 0.6) is 5.75 Å². The number of phenols is 1. The third-order valence-electron chi connectivity index (χ3n) is 5.62. The lowest BCUT2D eigenvalue weighted by Crippen LogP contribution is -2.39. The average Bonchev–Trinajstić information content (AvgIpc) is 3.26. The summed E-state index contributed by atoms with van der Waals surface area (Å²) < 4.78 is 27.3. The van der Waals surface area contributed by atoms with Crippen LogP contribution in [-0.2, 0) is 10.0 Å². The van der Waals surface area contributed by atoms with Crippen molar-refractivity contribution in [2.24, 2.45) is 5.92 Å². The Hall–Kier alpha value is -3.17. The molecule has 4 rings (SSSR count). The standard InChI is InChI=1S/C23H26N4O4S/c1-15-5-10-22(28)19(12-15)20-13-21(26-25-20)23(29)24-17-6-8-18(9-7-17)32(30,31)27-11-3-4-16(2)14-27/h5-10,12-13,16,28H,3-4,11,14H2,1-2H3,(H,24,29)(H,25,26)/t16-/m1/s1. The molecule has 2 aromatic carbocycles. The quantitative estimate of drug-likeness (QED) is 0.543. The molecule has 1 atom stereocenters. The first-order chi connectivity index (χ1) is 15.2. The van der Waals surface area contributed by atoms with Crippen molar-refractivity contribution in [1.82, 2.24) is 14.5 Å². The molecule has 3 aromatic rings. The Balaban J connectivity index is 1.47. The maximum Gasteiger partial charge on any atom is 0.273 e. The number of aryl methyl sites for hydroxylation is 1. The number of benzene rings is 2. The molecule has 168 valence electrons. The Kier molecular flexibility index (Phi) is 6.03. The van der Waals surface area contributed by atoms with Gasteiger partial charge in [-0.05, 0) is 68.1 Å². The molecule has 1 saturated heterocycles. The number of nitrogens with one attached hydrogen (secondary N) is 2. The molecule has 9 heteroatoms. The number of phenolic OH excluding ortho intramolecular Hbond substituents is 1. The zero-order valence-electron chi connectivity index (χ0n) is 18.0. The van der Waals surface area contributed by atoms with E-state index >= 15 is 0 Å². The second kappa shape index (κ2) is 8.76. The fourth-order valence-electron chi connectivity index (χ4n) is 3.85. The first kappa shape index (κ1) is 22.0. The molecule has 3 N–H and O–H groups in total. The fraction of sp³-hybridized carbons (Fsp3) is 0.304. The summed E-state index contributed by atoms with van der Waals surface area (Å²) >= 11 is 0. The van der Waals surface area contributed by atoms with E-state index in [2.05, 4.69) is 22.4 Å². The molecule has 1 amide bonds.